The van der Waals surface area contributed by atoms with E-state index in [1.165, 1.54) is 0 Å². The summed E-state index contributed by atoms with van der Waals surface area (Å²) >= 11 is 2.06. The van der Waals surface area contributed by atoms with Gasteiger partial charge in [0.25, 0.3) is 0 Å². The highest BCUT2D eigenvalue weighted by Crippen LogP contribution is 2.24. The van der Waals surface area contributed by atoms with E-state index in [9.17, 15) is 4.21 Å². The number of hydrogen-bond donors (Lipinski definition) is 1. The number of guanidine groups is 1. The molecule has 0 bridgehead atoms. The fraction of sp³-hybridized carbons (Fsp3) is 0.611. The first-order chi connectivity index (χ1) is 11.6. The highest BCUT2D eigenvalue weighted by atomic mass is 32.2. The molecule has 0 amide bonds. The van der Waals surface area contributed by atoms with Crippen LogP contribution in [-0.4, -0.2) is 58.5 Å². The summed E-state index contributed by atoms with van der Waals surface area (Å²) < 4.78 is 12.2. The third-order valence-electron chi connectivity index (χ3n) is 4.13. The first kappa shape index (κ1) is 19.3. The molecule has 1 N–H and O–H groups in total. The van der Waals surface area contributed by atoms with E-state index in [0.29, 0.717) is 29.2 Å². The Kier molecular flexibility index (Phi) is 8.12. The molecular weight excluding hydrogens is 338 g/mol. The van der Waals surface area contributed by atoms with Gasteiger partial charge >= 0.3 is 0 Å². The first-order valence-electron chi connectivity index (χ1n) is 8.56. The van der Waals surface area contributed by atoms with Crippen molar-refractivity contribution in [1.82, 2.24) is 10.2 Å². The van der Waals surface area contributed by atoms with Gasteiger partial charge in [0.05, 0.1) is 0 Å². The van der Waals surface area contributed by atoms with Crippen LogP contribution in [0.2, 0.25) is 0 Å². The van der Waals surface area contributed by atoms with Crippen molar-refractivity contribution in [3.8, 4) is 0 Å². The molecule has 0 aromatic heterocycles. The molecule has 0 aliphatic carbocycles. The highest BCUT2D eigenvalue weighted by molar-refractivity contribution is 8.00. The van der Waals surface area contributed by atoms with E-state index in [2.05, 4.69) is 40.8 Å². The Morgan fingerprint density at radius 1 is 1.42 bits per heavy atom. The predicted octanol–water partition coefficient (Wildman–Crippen LogP) is 2.58. The maximum absolute atomic E-state index is 12.2. The number of benzene rings is 1. The Labute approximate surface area is 153 Å². The number of nitrogens with zero attached hydrogens (tertiary/aromatic N) is 2. The molecule has 2 unspecified atom stereocenters. The maximum Gasteiger partial charge on any atom is 0.193 e. The minimum atomic E-state index is -0.849. The van der Waals surface area contributed by atoms with Crippen molar-refractivity contribution in [3.05, 3.63) is 35.9 Å². The Bertz CT molecular complexity index is 548. The molecule has 134 valence electrons. The number of hydrogen-bond acceptors (Lipinski definition) is 3. The largest absolute Gasteiger partial charge is 0.355 e. The van der Waals surface area contributed by atoms with Crippen molar-refractivity contribution in [2.24, 2.45) is 10.9 Å². The summed E-state index contributed by atoms with van der Waals surface area (Å²) in [6.07, 6.45) is 0. The van der Waals surface area contributed by atoms with Gasteiger partial charge in [-0.1, -0.05) is 44.2 Å². The molecule has 0 spiro atoms. The maximum atomic E-state index is 12.2. The first-order valence-corrected chi connectivity index (χ1v) is 11.1. The van der Waals surface area contributed by atoms with Gasteiger partial charge in [-0.2, -0.15) is 11.8 Å². The van der Waals surface area contributed by atoms with Crippen molar-refractivity contribution in [3.63, 3.8) is 0 Å². The SMILES string of the molecule is CN=C(NCCS(=O)Cc1ccccc1)N1CCSC(C(C)C)C1. The third kappa shape index (κ3) is 6.13. The molecule has 1 fully saturated rings. The minimum absolute atomic E-state index is 0.622. The topological polar surface area (TPSA) is 44.7 Å². The van der Waals surface area contributed by atoms with Crippen molar-refractivity contribution in [1.29, 1.82) is 0 Å². The fourth-order valence-corrected chi connectivity index (χ4v) is 5.05. The molecule has 2 atom stereocenters. The van der Waals surface area contributed by atoms with Crippen LogP contribution in [-0.2, 0) is 16.6 Å². The van der Waals surface area contributed by atoms with Crippen LogP contribution in [0.4, 0.5) is 0 Å². The van der Waals surface area contributed by atoms with E-state index in [0.717, 1.165) is 30.4 Å². The number of thioether (sulfide) groups is 1. The van der Waals surface area contributed by atoms with Gasteiger partial charge in [0.1, 0.15) is 0 Å². The van der Waals surface area contributed by atoms with Gasteiger partial charge in [0.2, 0.25) is 0 Å². The normalized spacial score (nSPS) is 20.2. The van der Waals surface area contributed by atoms with E-state index in [1.807, 2.05) is 37.4 Å². The van der Waals surface area contributed by atoms with Crippen LogP contribution >= 0.6 is 11.8 Å². The third-order valence-corrected chi connectivity index (χ3v) is 6.99. The highest BCUT2D eigenvalue weighted by Gasteiger charge is 2.24. The van der Waals surface area contributed by atoms with Crippen LogP contribution in [0.15, 0.2) is 35.3 Å². The molecule has 0 saturated carbocycles. The van der Waals surface area contributed by atoms with Gasteiger partial charge in [0, 0.05) is 60.0 Å². The van der Waals surface area contributed by atoms with Gasteiger partial charge < -0.3 is 10.2 Å². The lowest BCUT2D eigenvalue weighted by atomic mass is 10.1. The number of aliphatic imine (C=N–C) groups is 1. The van der Waals surface area contributed by atoms with Crippen LogP contribution in [0.3, 0.4) is 0 Å². The second-order valence-corrected chi connectivity index (χ2v) is 9.27. The van der Waals surface area contributed by atoms with Gasteiger partial charge in [0.15, 0.2) is 5.96 Å². The molecule has 1 aliphatic rings. The van der Waals surface area contributed by atoms with Crippen LogP contribution < -0.4 is 5.32 Å². The lowest BCUT2D eigenvalue weighted by Crippen LogP contribution is -2.49. The molecule has 1 heterocycles. The lowest BCUT2D eigenvalue weighted by molar-refractivity contribution is 0.382. The van der Waals surface area contributed by atoms with Gasteiger partial charge in [-0.25, -0.2) is 0 Å². The van der Waals surface area contributed by atoms with E-state index in [1.54, 1.807) is 0 Å². The summed E-state index contributed by atoms with van der Waals surface area (Å²) in [5.41, 5.74) is 1.13. The molecule has 1 saturated heterocycles. The lowest BCUT2D eigenvalue weighted by Gasteiger charge is -2.36. The summed E-state index contributed by atoms with van der Waals surface area (Å²) in [4.78, 5) is 6.74. The summed E-state index contributed by atoms with van der Waals surface area (Å²) in [5.74, 6) is 4.02. The number of nitrogens with one attached hydrogen (secondary N) is 1. The van der Waals surface area contributed by atoms with Crippen LogP contribution in [0.25, 0.3) is 0 Å². The van der Waals surface area contributed by atoms with Crippen LogP contribution in [0.5, 0.6) is 0 Å². The second kappa shape index (κ2) is 10.1. The number of rotatable bonds is 6. The molecular formula is C18H29N3OS2. The average Bonchev–Trinajstić information content (AvgIpc) is 2.59. The average molecular weight is 368 g/mol. The summed E-state index contributed by atoms with van der Waals surface area (Å²) in [7, 11) is 0.980. The van der Waals surface area contributed by atoms with E-state index in [4.69, 9.17) is 0 Å². The van der Waals surface area contributed by atoms with Gasteiger partial charge in [-0.3, -0.25) is 9.20 Å². The van der Waals surface area contributed by atoms with Gasteiger partial charge in [-0.05, 0) is 11.5 Å². The molecule has 4 nitrogen and oxygen atoms in total. The summed E-state index contributed by atoms with van der Waals surface area (Å²) in [6.45, 7) is 7.33. The summed E-state index contributed by atoms with van der Waals surface area (Å²) in [6, 6.07) is 10.0. The zero-order valence-electron chi connectivity index (χ0n) is 14.9. The zero-order valence-corrected chi connectivity index (χ0v) is 16.5. The smallest absolute Gasteiger partial charge is 0.193 e. The van der Waals surface area contributed by atoms with Crippen molar-refractivity contribution < 1.29 is 4.21 Å². The standard InChI is InChI=1S/C18H29N3OS2/c1-15(2)17-13-21(10-11-23-17)18(19-3)20-9-12-24(22)14-16-7-5-4-6-8-16/h4-8,15,17H,9-14H2,1-3H3,(H,19,20). The zero-order chi connectivity index (χ0) is 17.4. The molecule has 0 radical (unpaired) electrons. The minimum Gasteiger partial charge on any atom is -0.355 e. The molecule has 6 heteroatoms. The summed E-state index contributed by atoms with van der Waals surface area (Å²) in [5, 5.41) is 4.05. The Hall–Kier alpha value is -1.01. The fourth-order valence-electron chi connectivity index (χ4n) is 2.71. The van der Waals surface area contributed by atoms with Crippen molar-refractivity contribution in [2.75, 3.05) is 38.2 Å². The molecule has 24 heavy (non-hydrogen) atoms. The predicted molar refractivity (Wildman–Crippen MR) is 107 cm³/mol. The van der Waals surface area contributed by atoms with E-state index < -0.39 is 10.8 Å². The molecule has 1 aliphatic heterocycles. The second-order valence-electron chi connectivity index (χ2n) is 6.35. The Morgan fingerprint density at radius 2 is 2.17 bits per heavy atom. The molecule has 1 aromatic carbocycles. The quantitative estimate of drug-likeness (QED) is 0.620. The molecule has 2 rings (SSSR count). The van der Waals surface area contributed by atoms with Crippen LogP contribution in [0.1, 0.15) is 19.4 Å². The molecule has 1 aromatic rings. The van der Waals surface area contributed by atoms with Crippen molar-refractivity contribution in [2.45, 2.75) is 24.9 Å². The van der Waals surface area contributed by atoms with Crippen molar-refractivity contribution >= 4 is 28.5 Å². The van der Waals surface area contributed by atoms with E-state index >= 15 is 0 Å². The Morgan fingerprint density at radius 3 is 2.83 bits per heavy atom. The van der Waals surface area contributed by atoms with Crippen LogP contribution in [0, 0.1) is 5.92 Å². The van der Waals surface area contributed by atoms with Gasteiger partial charge in [-0.15, -0.1) is 0 Å². The van der Waals surface area contributed by atoms with E-state index in [-0.39, 0.29) is 0 Å². The monoisotopic (exact) mass is 367 g/mol. The Balaban J connectivity index is 1.76.